The monoisotopic (exact) mass is 401 g/mol. The Morgan fingerprint density at radius 1 is 1.29 bits per heavy atom. The predicted octanol–water partition coefficient (Wildman–Crippen LogP) is 5.39. The minimum atomic E-state index is -0.951. The molecule has 1 aromatic carbocycles. The zero-order valence-corrected chi connectivity index (χ0v) is 17.2. The summed E-state index contributed by atoms with van der Waals surface area (Å²) in [5.41, 5.74) is 1.26. The van der Waals surface area contributed by atoms with Crippen molar-refractivity contribution >= 4 is 22.0 Å². The van der Waals surface area contributed by atoms with Crippen molar-refractivity contribution in [1.82, 2.24) is 4.90 Å². The van der Waals surface area contributed by atoms with Crippen LogP contribution in [0.2, 0.25) is 0 Å². The normalized spacial score (nSPS) is 12.7. The van der Waals surface area contributed by atoms with Gasteiger partial charge in [-0.1, -0.05) is 0 Å². The molecule has 0 aliphatic rings. The van der Waals surface area contributed by atoms with Crippen LogP contribution in [-0.4, -0.2) is 34.9 Å². The van der Waals surface area contributed by atoms with Gasteiger partial charge in [0.25, 0.3) is 0 Å². The Bertz CT molecular complexity index is 596. The van der Waals surface area contributed by atoms with E-state index in [0.717, 1.165) is 15.6 Å². The predicted molar refractivity (Wildman–Crippen MR) is 99.2 cm³/mol. The number of ether oxygens (including phenoxy) is 2. The third kappa shape index (κ3) is 4.35. The Morgan fingerprint density at radius 3 is 2.25 bits per heavy atom. The molecule has 1 aromatic rings. The van der Waals surface area contributed by atoms with Gasteiger partial charge >= 0.3 is 6.09 Å². The minimum Gasteiger partial charge on any atom is -0.493 e. The number of nitrogens with zero attached hydrogens (tertiary/aromatic N) is 1. The first-order chi connectivity index (χ1) is 11.1. The molecule has 0 radical (unpaired) electrons. The minimum absolute atomic E-state index is 0.339. The van der Waals surface area contributed by atoms with Gasteiger partial charge in [-0.2, -0.15) is 0 Å². The van der Waals surface area contributed by atoms with Crippen molar-refractivity contribution in [3.8, 4) is 11.5 Å². The van der Waals surface area contributed by atoms with Gasteiger partial charge in [-0.15, -0.1) is 0 Å². The average molecular weight is 402 g/mol. The van der Waals surface area contributed by atoms with E-state index in [2.05, 4.69) is 15.9 Å². The largest absolute Gasteiger partial charge is 0.493 e. The van der Waals surface area contributed by atoms with E-state index in [1.165, 1.54) is 4.90 Å². The average Bonchev–Trinajstić information content (AvgIpc) is 2.44. The van der Waals surface area contributed by atoms with Gasteiger partial charge in [0.05, 0.1) is 19.3 Å². The Balaban J connectivity index is 3.53. The topological polar surface area (TPSA) is 59.0 Å². The Kier molecular flexibility index (Phi) is 6.96. The molecule has 1 atom stereocenters. The van der Waals surface area contributed by atoms with Gasteiger partial charge in [0.1, 0.15) is 16.0 Å². The lowest BCUT2D eigenvalue weighted by Crippen LogP contribution is -2.46. The molecule has 5 nitrogen and oxygen atoms in total. The molecule has 0 aliphatic heterocycles. The van der Waals surface area contributed by atoms with Crippen LogP contribution in [-0.2, 0) is 0 Å². The number of rotatable bonds is 6. The molecule has 1 rings (SSSR count). The Labute approximate surface area is 153 Å². The Hall–Kier alpha value is -1.43. The zero-order chi connectivity index (χ0) is 18.7. The maximum absolute atomic E-state index is 11.8. The van der Waals surface area contributed by atoms with E-state index in [9.17, 15) is 9.90 Å². The lowest BCUT2D eigenvalue weighted by molar-refractivity contribution is 0.0749. The van der Waals surface area contributed by atoms with Crippen LogP contribution < -0.4 is 9.47 Å². The number of carbonyl (C=O) groups is 1. The van der Waals surface area contributed by atoms with Crippen molar-refractivity contribution in [3.63, 3.8) is 0 Å². The van der Waals surface area contributed by atoms with Crippen LogP contribution in [0.5, 0.6) is 11.5 Å². The molecular formula is C18H28BrNO4. The molecule has 0 heterocycles. The highest BCUT2D eigenvalue weighted by Crippen LogP contribution is 2.43. The fourth-order valence-corrected chi connectivity index (χ4v) is 3.54. The summed E-state index contributed by atoms with van der Waals surface area (Å²) in [6.07, 6.45) is -0.951. The van der Waals surface area contributed by atoms with E-state index in [1.54, 1.807) is 0 Å². The molecule has 0 aliphatic carbocycles. The summed E-state index contributed by atoms with van der Waals surface area (Å²) in [6, 6.07) is 1.56. The molecule has 0 unspecified atom stereocenters. The number of amides is 1. The van der Waals surface area contributed by atoms with Crippen molar-refractivity contribution in [2.45, 2.75) is 60.0 Å². The molecule has 1 amide bonds. The van der Waals surface area contributed by atoms with Crippen molar-refractivity contribution in [2.24, 2.45) is 0 Å². The first kappa shape index (κ1) is 20.6. The fraction of sp³-hybridized carbons (Fsp3) is 0.611. The summed E-state index contributed by atoms with van der Waals surface area (Å²) in [5.74, 6) is 1.36. The molecule has 0 aromatic heterocycles. The molecule has 136 valence electrons. The van der Waals surface area contributed by atoms with Crippen molar-refractivity contribution in [3.05, 3.63) is 21.7 Å². The smallest absolute Gasteiger partial charge is 0.408 e. The lowest BCUT2D eigenvalue weighted by Gasteiger charge is -2.39. The lowest BCUT2D eigenvalue weighted by atomic mass is 9.95. The summed E-state index contributed by atoms with van der Waals surface area (Å²) < 4.78 is 12.2. The van der Waals surface area contributed by atoms with Crippen LogP contribution in [0.25, 0.3) is 0 Å². The van der Waals surface area contributed by atoms with Gasteiger partial charge in [-0.3, -0.25) is 4.90 Å². The fourth-order valence-electron chi connectivity index (χ4n) is 2.90. The molecule has 0 bridgehead atoms. The first-order valence-corrected chi connectivity index (χ1v) is 8.96. The summed E-state index contributed by atoms with van der Waals surface area (Å²) >= 11 is 3.54. The number of hydrogen-bond donors (Lipinski definition) is 1. The maximum Gasteiger partial charge on any atom is 0.408 e. The highest BCUT2D eigenvalue weighted by atomic mass is 79.9. The SMILES string of the molecule is CCOc1cc([C@@H](C)N(C(=O)O)C(C)(C)C)c(C)c(OCC)c1Br. The maximum atomic E-state index is 11.8. The van der Waals surface area contributed by atoms with Gasteiger partial charge in [0.15, 0.2) is 0 Å². The van der Waals surface area contributed by atoms with Gasteiger partial charge in [-0.05, 0) is 81.6 Å². The summed E-state index contributed by atoms with van der Waals surface area (Å²) in [4.78, 5) is 13.3. The van der Waals surface area contributed by atoms with E-state index >= 15 is 0 Å². The molecule has 6 heteroatoms. The van der Waals surface area contributed by atoms with Crippen LogP contribution >= 0.6 is 15.9 Å². The number of hydrogen-bond acceptors (Lipinski definition) is 3. The van der Waals surface area contributed by atoms with E-state index in [1.807, 2.05) is 54.5 Å². The van der Waals surface area contributed by atoms with E-state index in [4.69, 9.17) is 9.47 Å². The zero-order valence-electron chi connectivity index (χ0n) is 15.6. The van der Waals surface area contributed by atoms with Crippen LogP contribution in [0.4, 0.5) is 4.79 Å². The highest BCUT2D eigenvalue weighted by molar-refractivity contribution is 9.10. The molecular weight excluding hydrogens is 374 g/mol. The summed E-state index contributed by atoms with van der Waals surface area (Å²) in [7, 11) is 0. The van der Waals surface area contributed by atoms with Gasteiger partial charge < -0.3 is 14.6 Å². The van der Waals surface area contributed by atoms with Gasteiger partial charge in [0, 0.05) is 5.54 Å². The van der Waals surface area contributed by atoms with Crippen LogP contribution in [0, 0.1) is 6.92 Å². The van der Waals surface area contributed by atoms with E-state index in [-0.39, 0.29) is 6.04 Å². The number of halogens is 1. The van der Waals surface area contributed by atoms with E-state index in [0.29, 0.717) is 24.7 Å². The standard InChI is InChI=1S/C18H28BrNO4/c1-8-23-14-10-13(11(3)16(15(14)19)24-9-2)12(4)20(17(21)22)18(5,6)7/h10,12H,8-9H2,1-7H3,(H,21,22)/t12-/m1/s1. The van der Waals surface area contributed by atoms with Crippen molar-refractivity contribution < 1.29 is 19.4 Å². The summed E-state index contributed by atoms with van der Waals surface area (Å²) in [6.45, 7) is 14.4. The van der Waals surface area contributed by atoms with Crippen molar-refractivity contribution in [2.75, 3.05) is 13.2 Å². The second-order valence-electron chi connectivity index (χ2n) is 6.60. The third-order valence-corrected chi connectivity index (χ3v) is 4.58. The molecule has 0 fully saturated rings. The second kappa shape index (κ2) is 8.10. The third-order valence-electron chi connectivity index (χ3n) is 3.83. The molecule has 0 saturated carbocycles. The molecule has 1 N–H and O–H groups in total. The Morgan fingerprint density at radius 2 is 1.83 bits per heavy atom. The summed E-state index contributed by atoms with van der Waals surface area (Å²) in [5, 5.41) is 9.69. The number of carboxylic acid groups (broad SMARTS) is 1. The van der Waals surface area contributed by atoms with Crippen LogP contribution in [0.15, 0.2) is 10.5 Å². The van der Waals surface area contributed by atoms with Crippen LogP contribution in [0.3, 0.4) is 0 Å². The van der Waals surface area contributed by atoms with Crippen molar-refractivity contribution in [1.29, 1.82) is 0 Å². The second-order valence-corrected chi connectivity index (χ2v) is 7.39. The van der Waals surface area contributed by atoms with E-state index < -0.39 is 11.6 Å². The van der Waals surface area contributed by atoms with Gasteiger partial charge in [-0.25, -0.2) is 4.79 Å². The highest BCUT2D eigenvalue weighted by Gasteiger charge is 2.33. The molecule has 0 spiro atoms. The van der Waals surface area contributed by atoms with Gasteiger partial charge in [0.2, 0.25) is 0 Å². The molecule has 0 saturated heterocycles. The first-order valence-electron chi connectivity index (χ1n) is 8.17. The number of benzene rings is 1. The quantitative estimate of drug-likeness (QED) is 0.693. The molecule has 24 heavy (non-hydrogen) atoms. The van der Waals surface area contributed by atoms with Crippen LogP contribution in [0.1, 0.15) is 58.7 Å².